The lowest BCUT2D eigenvalue weighted by atomic mass is 10.0. The van der Waals surface area contributed by atoms with E-state index in [9.17, 15) is 0 Å². The number of fused-ring (bicyclic) bond motifs is 1. The van der Waals surface area contributed by atoms with E-state index in [1.54, 1.807) is 12.5 Å². The highest BCUT2D eigenvalue weighted by atomic mass is 28.4. The van der Waals surface area contributed by atoms with Crippen LogP contribution in [0.4, 0.5) is 0 Å². The number of aromatic nitrogens is 4. The standard InChI is InChI=1S/C21H38N4O2Si/c1-9-10-17(26-6)11-12-19(27-28(7,8)21(3,4)5)16(2)25-15-24-18-13-22-14-23-20(18)25/h13-17,19H,9-12H2,1-8H3/t16-,17?,19+/m0/s1. The maximum absolute atomic E-state index is 6.90. The van der Waals surface area contributed by atoms with Crippen LogP contribution in [0.5, 0.6) is 0 Å². The summed E-state index contributed by atoms with van der Waals surface area (Å²) in [5.41, 5.74) is 1.68. The molecule has 3 atom stereocenters. The minimum atomic E-state index is -1.92. The zero-order chi connectivity index (χ0) is 20.9. The molecule has 0 aromatic carbocycles. The van der Waals surface area contributed by atoms with Gasteiger partial charge in [-0.15, -0.1) is 0 Å². The van der Waals surface area contributed by atoms with Gasteiger partial charge < -0.3 is 13.7 Å². The van der Waals surface area contributed by atoms with Gasteiger partial charge in [0, 0.05) is 7.11 Å². The SMILES string of the molecule is CCCC(CC[C@@H](O[Si](C)(C)C(C)(C)C)[C@H](C)n1cnc2cncnc21)OC. The van der Waals surface area contributed by atoms with Crippen molar-refractivity contribution >= 4 is 19.5 Å². The van der Waals surface area contributed by atoms with Crippen molar-refractivity contribution in [3.05, 3.63) is 18.9 Å². The molecule has 1 unspecified atom stereocenters. The Kier molecular flexibility index (Phi) is 7.76. The lowest BCUT2D eigenvalue weighted by molar-refractivity contribution is 0.0581. The smallest absolute Gasteiger partial charge is 0.192 e. The van der Waals surface area contributed by atoms with Crippen molar-refractivity contribution in [1.82, 2.24) is 19.5 Å². The molecule has 2 aromatic rings. The molecule has 0 radical (unpaired) electrons. The van der Waals surface area contributed by atoms with Crippen molar-refractivity contribution < 1.29 is 9.16 Å². The molecule has 0 fully saturated rings. The summed E-state index contributed by atoms with van der Waals surface area (Å²) in [6.45, 7) is 15.9. The van der Waals surface area contributed by atoms with Crippen molar-refractivity contribution in [2.45, 2.75) is 96.7 Å². The molecule has 0 aliphatic carbocycles. The van der Waals surface area contributed by atoms with Crippen molar-refractivity contribution in [3.8, 4) is 0 Å². The fraction of sp³-hybridized carbons (Fsp3) is 0.762. The fourth-order valence-electron chi connectivity index (χ4n) is 3.27. The molecule has 7 heteroatoms. The molecule has 0 saturated carbocycles. The summed E-state index contributed by atoms with van der Waals surface area (Å²) in [6.07, 6.45) is 9.74. The van der Waals surface area contributed by atoms with E-state index in [2.05, 4.69) is 67.2 Å². The van der Waals surface area contributed by atoms with Gasteiger partial charge in [0.2, 0.25) is 0 Å². The van der Waals surface area contributed by atoms with E-state index >= 15 is 0 Å². The molecule has 0 N–H and O–H groups in total. The zero-order valence-electron chi connectivity index (χ0n) is 18.9. The molecule has 28 heavy (non-hydrogen) atoms. The number of hydrogen-bond donors (Lipinski definition) is 0. The van der Waals surface area contributed by atoms with Crippen LogP contribution in [-0.4, -0.2) is 47.2 Å². The molecule has 0 aliphatic heterocycles. The average molecular weight is 407 g/mol. The minimum Gasteiger partial charge on any atom is -0.412 e. The van der Waals surface area contributed by atoms with Crippen LogP contribution in [0.2, 0.25) is 18.1 Å². The molecule has 158 valence electrons. The van der Waals surface area contributed by atoms with Crippen molar-refractivity contribution in [2.24, 2.45) is 0 Å². The second kappa shape index (κ2) is 9.46. The van der Waals surface area contributed by atoms with Crippen LogP contribution in [0.3, 0.4) is 0 Å². The lowest BCUT2D eigenvalue weighted by Crippen LogP contribution is -2.46. The number of rotatable bonds is 10. The Morgan fingerprint density at radius 1 is 1.14 bits per heavy atom. The van der Waals surface area contributed by atoms with E-state index in [0.29, 0.717) is 0 Å². The van der Waals surface area contributed by atoms with Crippen LogP contribution in [0, 0.1) is 0 Å². The number of imidazole rings is 1. The molecule has 0 bridgehead atoms. The average Bonchev–Trinajstić information content (AvgIpc) is 3.06. The second-order valence-electron chi connectivity index (χ2n) is 9.26. The van der Waals surface area contributed by atoms with Crippen molar-refractivity contribution in [3.63, 3.8) is 0 Å². The Morgan fingerprint density at radius 2 is 1.86 bits per heavy atom. The summed E-state index contributed by atoms with van der Waals surface area (Å²) < 4.78 is 14.7. The molecule has 0 saturated heterocycles. The van der Waals surface area contributed by atoms with Gasteiger partial charge in [-0.3, -0.25) is 0 Å². The van der Waals surface area contributed by atoms with Crippen LogP contribution in [0.15, 0.2) is 18.9 Å². The van der Waals surface area contributed by atoms with Gasteiger partial charge in [0.1, 0.15) is 11.8 Å². The maximum atomic E-state index is 6.90. The van der Waals surface area contributed by atoms with E-state index in [1.807, 2.05) is 13.4 Å². The predicted octanol–water partition coefficient (Wildman–Crippen LogP) is 5.37. The topological polar surface area (TPSA) is 62.1 Å². The van der Waals surface area contributed by atoms with Gasteiger partial charge in [-0.2, -0.15) is 0 Å². The lowest BCUT2D eigenvalue weighted by Gasteiger charge is -2.41. The van der Waals surface area contributed by atoms with Crippen LogP contribution in [-0.2, 0) is 9.16 Å². The molecule has 0 aliphatic rings. The Labute approximate surface area is 171 Å². The first kappa shape index (κ1) is 23.0. The van der Waals surface area contributed by atoms with Gasteiger partial charge in [0.05, 0.1) is 30.8 Å². The largest absolute Gasteiger partial charge is 0.412 e. The third kappa shape index (κ3) is 5.39. The third-order valence-corrected chi connectivity index (χ3v) is 10.7. The number of hydrogen-bond acceptors (Lipinski definition) is 5. The van der Waals surface area contributed by atoms with E-state index in [0.717, 1.165) is 36.8 Å². The molecule has 2 heterocycles. The van der Waals surface area contributed by atoms with Gasteiger partial charge in [0.25, 0.3) is 0 Å². The highest BCUT2D eigenvalue weighted by Crippen LogP contribution is 2.39. The van der Waals surface area contributed by atoms with E-state index in [1.165, 1.54) is 0 Å². The zero-order valence-corrected chi connectivity index (χ0v) is 19.9. The molecular weight excluding hydrogens is 368 g/mol. The number of ether oxygens (including phenoxy) is 1. The van der Waals surface area contributed by atoms with E-state index < -0.39 is 8.32 Å². The minimum absolute atomic E-state index is 0.0859. The molecule has 0 amide bonds. The van der Waals surface area contributed by atoms with Crippen molar-refractivity contribution in [2.75, 3.05) is 7.11 Å². The predicted molar refractivity (Wildman–Crippen MR) is 117 cm³/mol. The van der Waals surface area contributed by atoms with E-state index in [-0.39, 0.29) is 23.3 Å². The van der Waals surface area contributed by atoms with Crippen LogP contribution >= 0.6 is 0 Å². The molecule has 6 nitrogen and oxygen atoms in total. The summed E-state index contributed by atoms with van der Waals surface area (Å²) >= 11 is 0. The van der Waals surface area contributed by atoms with E-state index in [4.69, 9.17) is 9.16 Å². The normalized spacial score (nSPS) is 16.3. The summed E-state index contributed by atoms with van der Waals surface area (Å²) in [4.78, 5) is 13.0. The van der Waals surface area contributed by atoms with Crippen LogP contribution < -0.4 is 0 Å². The first-order valence-corrected chi connectivity index (χ1v) is 13.3. The highest BCUT2D eigenvalue weighted by molar-refractivity contribution is 6.74. The summed E-state index contributed by atoms with van der Waals surface area (Å²) in [7, 11) is -0.106. The van der Waals surface area contributed by atoms with Gasteiger partial charge >= 0.3 is 0 Å². The summed E-state index contributed by atoms with van der Waals surface area (Å²) in [5.74, 6) is 0. The van der Waals surface area contributed by atoms with Gasteiger partial charge in [-0.1, -0.05) is 34.1 Å². The monoisotopic (exact) mass is 406 g/mol. The molecule has 2 aromatic heterocycles. The first-order valence-electron chi connectivity index (χ1n) is 10.4. The fourth-order valence-corrected chi connectivity index (χ4v) is 4.69. The summed E-state index contributed by atoms with van der Waals surface area (Å²) in [5, 5.41) is 0.161. The van der Waals surface area contributed by atoms with Gasteiger partial charge in [0.15, 0.2) is 14.0 Å². The first-order chi connectivity index (χ1) is 13.1. The highest BCUT2D eigenvalue weighted by Gasteiger charge is 2.40. The Balaban J connectivity index is 2.28. The van der Waals surface area contributed by atoms with Gasteiger partial charge in [-0.05, 0) is 44.3 Å². The Morgan fingerprint density at radius 3 is 2.46 bits per heavy atom. The summed E-state index contributed by atoms with van der Waals surface area (Å²) in [6, 6.07) is 0.133. The molecular formula is C21H38N4O2Si. The van der Waals surface area contributed by atoms with Crippen LogP contribution in [0.25, 0.3) is 11.2 Å². The number of nitrogens with zero attached hydrogens (tertiary/aromatic N) is 4. The Hall–Kier alpha value is -1.31. The van der Waals surface area contributed by atoms with Crippen LogP contribution in [0.1, 0.15) is 66.3 Å². The molecule has 0 spiro atoms. The van der Waals surface area contributed by atoms with Crippen molar-refractivity contribution in [1.29, 1.82) is 0 Å². The Bertz CT molecular complexity index is 741. The van der Waals surface area contributed by atoms with Gasteiger partial charge in [-0.25, -0.2) is 15.0 Å². The quantitative estimate of drug-likeness (QED) is 0.496. The maximum Gasteiger partial charge on any atom is 0.192 e. The number of methoxy groups -OCH3 is 1. The second-order valence-corrected chi connectivity index (χ2v) is 14.0. The molecule has 2 rings (SSSR count). The third-order valence-electron chi connectivity index (χ3n) is 6.18.